The van der Waals surface area contributed by atoms with E-state index in [1.807, 2.05) is 0 Å². The third-order valence-corrected chi connectivity index (χ3v) is 3.22. The summed E-state index contributed by atoms with van der Waals surface area (Å²) in [7, 11) is 1.74. The van der Waals surface area contributed by atoms with E-state index in [0.717, 1.165) is 12.1 Å². The second kappa shape index (κ2) is 5.92. The van der Waals surface area contributed by atoms with Crippen LogP contribution >= 0.6 is 15.9 Å². The Morgan fingerprint density at radius 3 is 2.58 bits per heavy atom. The first-order valence-corrected chi connectivity index (χ1v) is 6.27. The first kappa shape index (κ1) is 13.7. The predicted octanol–water partition coefficient (Wildman–Crippen LogP) is 3.17. The molecule has 1 aromatic carbocycles. The Hall–Kier alpha value is -1.76. The number of rotatable bonds is 4. The largest absolute Gasteiger partial charge is 0.372 e. The minimum atomic E-state index is -0.864. The van der Waals surface area contributed by atoms with E-state index < -0.39 is 11.6 Å². The summed E-state index contributed by atoms with van der Waals surface area (Å²) in [4.78, 5) is 8.08. The highest BCUT2D eigenvalue weighted by atomic mass is 79.9. The van der Waals surface area contributed by atoms with Crippen LogP contribution in [0, 0.1) is 11.6 Å². The summed E-state index contributed by atoms with van der Waals surface area (Å²) >= 11 is 3.36. The molecule has 2 rings (SSSR count). The van der Waals surface area contributed by atoms with E-state index in [9.17, 15) is 8.78 Å². The molecule has 100 valence electrons. The summed E-state index contributed by atoms with van der Waals surface area (Å²) < 4.78 is 26.5. The van der Waals surface area contributed by atoms with Crippen LogP contribution in [0.25, 0.3) is 0 Å². The average Bonchev–Trinajstić information content (AvgIpc) is 2.41. The van der Waals surface area contributed by atoms with Crippen molar-refractivity contribution >= 4 is 27.6 Å². The van der Waals surface area contributed by atoms with Crippen LogP contribution in [-0.4, -0.2) is 17.0 Å². The van der Waals surface area contributed by atoms with Crippen molar-refractivity contribution in [2.75, 3.05) is 17.7 Å². The lowest BCUT2D eigenvalue weighted by Gasteiger charge is -2.10. The zero-order chi connectivity index (χ0) is 13.8. The van der Waals surface area contributed by atoms with Crippen LogP contribution in [0.2, 0.25) is 0 Å². The molecule has 7 heteroatoms. The first-order valence-electron chi connectivity index (χ1n) is 5.48. The van der Waals surface area contributed by atoms with Gasteiger partial charge in [-0.2, -0.15) is 0 Å². The van der Waals surface area contributed by atoms with Crippen LogP contribution in [0.4, 0.5) is 20.4 Å². The van der Waals surface area contributed by atoms with E-state index in [0.29, 0.717) is 28.2 Å². The number of nitrogens with one attached hydrogen (secondary N) is 2. The molecule has 1 heterocycles. The molecular formula is C12H11BrF2N4. The van der Waals surface area contributed by atoms with Crippen molar-refractivity contribution in [3.63, 3.8) is 0 Å². The maximum absolute atomic E-state index is 13.1. The fraction of sp³-hybridized carbons (Fsp3) is 0.167. The third kappa shape index (κ3) is 3.17. The summed E-state index contributed by atoms with van der Waals surface area (Å²) in [6, 6.07) is 3.76. The summed E-state index contributed by atoms with van der Waals surface area (Å²) in [5.41, 5.74) is 0.621. The minimum absolute atomic E-state index is 0.329. The first-order chi connectivity index (χ1) is 9.11. The molecule has 0 spiro atoms. The summed E-state index contributed by atoms with van der Waals surface area (Å²) in [6.07, 6.45) is 1.41. The molecule has 2 aromatic rings. The highest BCUT2D eigenvalue weighted by Gasteiger charge is 2.08. The van der Waals surface area contributed by atoms with Gasteiger partial charge >= 0.3 is 0 Å². The molecule has 0 fully saturated rings. The van der Waals surface area contributed by atoms with Gasteiger partial charge < -0.3 is 10.6 Å². The molecule has 0 amide bonds. The zero-order valence-corrected chi connectivity index (χ0v) is 11.6. The fourth-order valence-corrected chi connectivity index (χ4v) is 2.05. The molecule has 2 N–H and O–H groups in total. The summed E-state index contributed by atoms with van der Waals surface area (Å²) in [6.45, 7) is 0.329. The van der Waals surface area contributed by atoms with Gasteiger partial charge in [0.2, 0.25) is 0 Å². The van der Waals surface area contributed by atoms with E-state index in [4.69, 9.17) is 0 Å². The van der Waals surface area contributed by atoms with E-state index in [1.54, 1.807) is 7.05 Å². The molecule has 0 unspecified atom stereocenters. The Kier molecular flexibility index (Phi) is 4.26. The lowest BCUT2D eigenvalue weighted by Crippen LogP contribution is -2.05. The average molecular weight is 329 g/mol. The summed E-state index contributed by atoms with van der Waals surface area (Å²) in [5.74, 6) is -0.506. The van der Waals surface area contributed by atoms with Gasteiger partial charge in [0.1, 0.15) is 22.4 Å². The molecule has 0 saturated carbocycles. The Labute approximate surface area is 117 Å². The maximum atomic E-state index is 13.1. The normalized spacial score (nSPS) is 10.3. The van der Waals surface area contributed by atoms with E-state index in [1.165, 1.54) is 12.4 Å². The maximum Gasteiger partial charge on any atom is 0.159 e. The van der Waals surface area contributed by atoms with Crippen molar-refractivity contribution in [3.05, 3.63) is 46.2 Å². The number of benzene rings is 1. The molecule has 1 aromatic heterocycles. The Bertz CT molecular complexity index is 592. The molecular weight excluding hydrogens is 318 g/mol. The second-order valence-corrected chi connectivity index (χ2v) is 4.53. The van der Waals surface area contributed by atoms with Gasteiger partial charge in [-0.25, -0.2) is 18.7 Å². The number of anilines is 2. The zero-order valence-electron chi connectivity index (χ0n) is 10.0. The van der Waals surface area contributed by atoms with Gasteiger partial charge in [0.25, 0.3) is 0 Å². The van der Waals surface area contributed by atoms with Crippen molar-refractivity contribution in [3.8, 4) is 0 Å². The highest BCUT2D eigenvalue weighted by molar-refractivity contribution is 9.10. The van der Waals surface area contributed by atoms with Crippen LogP contribution < -0.4 is 10.6 Å². The van der Waals surface area contributed by atoms with Gasteiger partial charge in [-0.1, -0.05) is 6.07 Å². The van der Waals surface area contributed by atoms with Gasteiger partial charge in [0.05, 0.1) is 0 Å². The number of hydrogen-bond acceptors (Lipinski definition) is 4. The number of nitrogens with zero attached hydrogens (tertiary/aromatic N) is 2. The Morgan fingerprint density at radius 1 is 1.16 bits per heavy atom. The van der Waals surface area contributed by atoms with Gasteiger partial charge in [-0.05, 0) is 33.6 Å². The molecule has 0 saturated heterocycles. The smallest absolute Gasteiger partial charge is 0.159 e. The second-order valence-electron chi connectivity index (χ2n) is 3.74. The topological polar surface area (TPSA) is 49.8 Å². The minimum Gasteiger partial charge on any atom is -0.372 e. The van der Waals surface area contributed by atoms with Crippen LogP contribution in [0.1, 0.15) is 5.56 Å². The number of hydrogen-bond donors (Lipinski definition) is 2. The third-order valence-electron chi connectivity index (χ3n) is 2.47. The fourth-order valence-electron chi connectivity index (χ4n) is 1.50. The van der Waals surface area contributed by atoms with Crippen molar-refractivity contribution in [1.82, 2.24) is 9.97 Å². The lowest BCUT2D eigenvalue weighted by molar-refractivity contribution is 0.507. The van der Waals surface area contributed by atoms with Gasteiger partial charge in [-0.3, -0.25) is 0 Å². The lowest BCUT2D eigenvalue weighted by atomic mass is 10.2. The monoisotopic (exact) mass is 328 g/mol. The predicted molar refractivity (Wildman–Crippen MR) is 73.0 cm³/mol. The SMILES string of the molecule is CNc1ncnc(NCc2ccc(F)c(F)c2)c1Br. The van der Waals surface area contributed by atoms with Crippen molar-refractivity contribution in [2.45, 2.75) is 6.54 Å². The van der Waals surface area contributed by atoms with Crippen molar-refractivity contribution in [1.29, 1.82) is 0 Å². The molecule has 0 bridgehead atoms. The van der Waals surface area contributed by atoms with Crippen LogP contribution in [0.15, 0.2) is 29.0 Å². The molecule has 0 radical (unpaired) electrons. The Balaban J connectivity index is 2.12. The Morgan fingerprint density at radius 2 is 1.89 bits per heavy atom. The summed E-state index contributed by atoms with van der Waals surface area (Å²) in [5, 5.41) is 5.93. The molecule has 0 aliphatic heterocycles. The number of aromatic nitrogens is 2. The quantitative estimate of drug-likeness (QED) is 0.905. The van der Waals surface area contributed by atoms with Crippen molar-refractivity contribution < 1.29 is 8.78 Å². The van der Waals surface area contributed by atoms with Gasteiger partial charge in [0, 0.05) is 13.6 Å². The van der Waals surface area contributed by atoms with E-state index in [-0.39, 0.29) is 0 Å². The molecule has 0 aliphatic carbocycles. The van der Waals surface area contributed by atoms with E-state index in [2.05, 4.69) is 36.5 Å². The molecule has 19 heavy (non-hydrogen) atoms. The van der Waals surface area contributed by atoms with Crippen molar-refractivity contribution in [2.24, 2.45) is 0 Å². The van der Waals surface area contributed by atoms with Gasteiger partial charge in [-0.15, -0.1) is 0 Å². The number of halogens is 3. The van der Waals surface area contributed by atoms with Crippen LogP contribution in [-0.2, 0) is 6.54 Å². The molecule has 4 nitrogen and oxygen atoms in total. The standard InChI is InChI=1S/C12H11BrF2N4/c1-16-11-10(13)12(19-6-18-11)17-5-7-2-3-8(14)9(15)4-7/h2-4,6H,5H2,1H3,(H2,16,17,18,19). The van der Waals surface area contributed by atoms with Crippen LogP contribution in [0.3, 0.4) is 0 Å². The van der Waals surface area contributed by atoms with E-state index >= 15 is 0 Å². The highest BCUT2D eigenvalue weighted by Crippen LogP contribution is 2.26. The van der Waals surface area contributed by atoms with Gasteiger partial charge in [0.15, 0.2) is 11.6 Å². The molecule has 0 atom stereocenters. The van der Waals surface area contributed by atoms with Crippen LogP contribution in [0.5, 0.6) is 0 Å². The molecule has 0 aliphatic rings.